The number of nitrogens with one attached hydrogen (secondary N) is 1. The Kier molecular flexibility index (Phi) is 7.33. The van der Waals surface area contributed by atoms with Gasteiger partial charge in [0, 0.05) is 38.6 Å². The number of hydrogen-bond acceptors (Lipinski definition) is 4. The SMILES string of the molecule is CC(C)CN(Cc1ccsc1)C(=O)NC[C@H]1COCCN(C)C1. The summed E-state index contributed by atoms with van der Waals surface area (Å²) >= 11 is 1.67. The number of nitrogens with zero attached hydrogens (tertiary/aromatic N) is 2. The second kappa shape index (κ2) is 9.25. The summed E-state index contributed by atoms with van der Waals surface area (Å²) in [5.41, 5.74) is 1.20. The van der Waals surface area contributed by atoms with Crippen molar-refractivity contribution in [2.75, 3.05) is 46.4 Å². The van der Waals surface area contributed by atoms with Crippen LogP contribution >= 0.6 is 11.3 Å². The molecule has 1 N–H and O–H groups in total. The van der Waals surface area contributed by atoms with Crippen molar-refractivity contribution in [3.8, 4) is 0 Å². The van der Waals surface area contributed by atoms with E-state index < -0.39 is 0 Å². The van der Waals surface area contributed by atoms with Gasteiger partial charge in [-0.15, -0.1) is 0 Å². The highest BCUT2D eigenvalue weighted by molar-refractivity contribution is 7.07. The number of urea groups is 1. The van der Waals surface area contributed by atoms with Crippen molar-refractivity contribution >= 4 is 17.4 Å². The van der Waals surface area contributed by atoms with Crippen molar-refractivity contribution in [2.24, 2.45) is 11.8 Å². The molecule has 1 saturated heterocycles. The average molecular weight is 340 g/mol. The standard InChI is InChI=1S/C17H29N3O2S/c1-14(2)9-20(11-15-4-7-23-13-15)17(21)18-8-16-10-19(3)5-6-22-12-16/h4,7,13-14,16H,5-6,8-12H2,1-3H3,(H,18,21)/t16-/m1/s1. The number of carbonyl (C=O) groups is 1. The van der Waals surface area contributed by atoms with E-state index in [-0.39, 0.29) is 6.03 Å². The van der Waals surface area contributed by atoms with E-state index in [1.54, 1.807) is 11.3 Å². The molecule has 0 unspecified atom stereocenters. The molecule has 1 atom stereocenters. The van der Waals surface area contributed by atoms with Crippen molar-refractivity contribution in [2.45, 2.75) is 20.4 Å². The van der Waals surface area contributed by atoms with E-state index in [9.17, 15) is 4.79 Å². The molecule has 130 valence electrons. The van der Waals surface area contributed by atoms with Crippen LogP contribution in [0.3, 0.4) is 0 Å². The molecule has 0 aromatic carbocycles. The lowest BCUT2D eigenvalue weighted by molar-refractivity contribution is 0.121. The Morgan fingerprint density at radius 3 is 3.09 bits per heavy atom. The van der Waals surface area contributed by atoms with Gasteiger partial charge in [0.05, 0.1) is 13.2 Å². The Morgan fingerprint density at radius 1 is 1.57 bits per heavy atom. The summed E-state index contributed by atoms with van der Waals surface area (Å²) in [4.78, 5) is 16.8. The van der Waals surface area contributed by atoms with E-state index in [1.165, 1.54) is 5.56 Å². The second-order valence-corrected chi connectivity index (χ2v) is 7.58. The molecule has 1 aliphatic heterocycles. The largest absolute Gasteiger partial charge is 0.380 e. The smallest absolute Gasteiger partial charge is 0.317 e. The lowest BCUT2D eigenvalue weighted by Gasteiger charge is -2.26. The van der Waals surface area contributed by atoms with Gasteiger partial charge >= 0.3 is 6.03 Å². The minimum absolute atomic E-state index is 0.0248. The van der Waals surface area contributed by atoms with Crippen molar-refractivity contribution in [1.82, 2.24) is 15.1 Å². The Bertz CT molecular complexity index is 464. The number of amides is 2. The van der Waals surface area contributed by atoms with Gasteiger partial charge in [-0.25, -0.2) is 4.79 Å². The van der Waals surface area contributed by atoms with Crippen molar-refractivity contribution in [3.63, 3.8) is 0 Å². The van der Waals surface area contributed by atoms with Crippen LogP contribution in [0.5, 0.6) is 0 Å². The summed E-state index contributed by atoms with van der Waals surface area (Å²) in [7, 11) is 2.10. The lowest BCUT2D eigenvalue weighted by atomic mass is 10.1. The predicted molar refractivity (Wildman–Crippen MR) is 94.8 cm³/mol. The molecule has 2 heterocycles. The van der Waals surface area contributed by atoms with Gasteiger partial charge in [0.25, 0.3) is 0 Å². The molecule has 2 amide bonds. The zero-order valence-electron chi connectivity index (χ0n) is 14.5. The summed E-state index contributed by atoms with van der Waals surface area (Å²) < 4.78 is 5.61. The van der Waals surface area contributed by atoms with E-state index in [0.717, 1.165) is 32.8 Å². The zero-order valence-corrected chi connectivity index (χ0v) is 15.3. The normalized spacial score (nSPS) is 19.6. The maximum Gasteiger partial charge on any atom is 0.317 e. The van der Waals surface area contributed by atoms with Gasteiger partial charge in [-0.05, 0) is 35.4 Å². The number of thiophene rings is 1. The second-order valence-electron chi connectivity index (χ2n) is 6.80. The van der Waals surface area contributed by atoms with Gasteiger partial charge in [-0.3, -0.25) is 0 Å². The predicted octanol–water partition coefficient (Wildman–Crippen LogP) is 2.49. The Labute approximate surface area is 143 Å². The molecule has 0 spiro atoms. The fraction of sp³-hybridized carbons (Fsp3) is 0.706. The maximum atomic E-state index is 12.6. The number of likely N-dealkylation sites (N-methyl/N-ethyl adjacent to an activating group) is 1. The van der Waals surface area contributed by atoms with Gasteiger partial charge in [0.15, 0.2) is 0 Å². The number of carbonyl (C=O) groups excluding carboxylic acids is 1. The first-order valence-electron chi connectivity index (χ1n) is 8.34. The molecule has 1 fully saturated rings. The molecule has 1 aliphatic rings. The molecule has 2 rings (SSSR count). The van der Waals surface area contributed by atoms with Gasteiger partial charge in [0.1, 0.15) is 0 Å². The van der Waals surface area contributed by atoms with Gasteiger partial charge in [0.2, 0.25) is 0 Å². The molecule has 1 aromatic heterocycles. The molecule has 6 heteroatoms. The monoisotopic (exact) mass is 339 g/mol. The van der Waals surface area contributed by atoms with E-state index >= 15 is 0 Å². The van der Waals surface area contributed by atoms with Gasteiger partial charge < -0.3 is 19.9 Å². The Balaban J connectivity index is 1.86. The Morgan fingerprint density at radius 2 is 2.39 bits per heavy atom. The number of rotatable bonds is 6. The van der Waals surface area contributed by atoms with Crippen LogP contribution in [0.2, 0.25) is 0 Å². The molecular weight excluding hydrogens is 310 g/mol. The fourth-order valence-corrected chi connectivity index (χ4v) is 3.44. The first kappa shape index (κ1) is 18.2. The summed E-state index contributed by atoms with van der Waals surface area (Å²) in [5, 5.41) is 7.26. The molecule has 0 bridgehead atoms. The van der Waals surface area contributed by atoms with Gasteiger partial charge in [-0.2, -0.15) is 11.3 Å². The van der Waals surface area contributed by atoms with Crippen LogP contribution in [0, 0.1) is 11.8 Å². The number of ether oxygens (including phenoxy) is 1. The van der Waals surface area contributed by atoms with Crippen molar-refractivity contribution in [3.05, 3.63) is 22.4 Å². The van der Waals surface area contributed by atoms with E-state index in [0.29, 0.717) is 24.9 Å². The molecule has 0 saturated carbocycles. The van der Waals surface area contributed by atoms with E-state index in [4.69, 9.17) is 4.74 Å². The average Bonchev–Trinajstić information content (AvgIpc) is 2.91. The first-order valence-corrected chi connectivity index (χ1v) is 9.29. The van der Waals surface area contributed by atoms with Crippen LogP contribution in [-0.2, 0) is 11.3 Å². The summed E-state index contributed by atoms with van der Waals surface area (Å²) in [6, 6.07) is 2.11. The number of hydrogen-bond donors (Lipinski definition) is 1. The highest BCUT2D eigenvalue weighted by Crippen LogP contribution is 2.12. The third-order valence-corrected chi connectivity index (χ3v) is 4.64. The van der Waals surface area contributed by atoms with Crippen LogP contribution in [0.1, 0.15) is 19.4 Å². The van der Waals surface area contributed by atoms with Crippen LogP contribution in [0.4, 0.5) is 4.79 Å². The molecule has 23 heavy (non-hydrogen) atoms. The summed E-state index contributed by atoms with van der Waals surface area (Å²) in [5.74, 6) is 0.806. The molecular formula is C17H29N3O2S. The molecule has 0 aliphatic carbocycles. The van der Waals surface area contributed by atoms with Crippen LogP contribution in [0.15, 0.2) is 16.8 Å². The van der Waals surface area contributed by atoms with E-state index in [2.05, 4.69) is 47.9 Å². The molecule has 0 radical (unpaired) electrons. The first-order chi connectivity index (χ1) is 11.0. The van der Waals surface area contributed by atoms with Gasteiger partial charge in [-0.1, -0.05) is 13.8 Å². The minimum Gasteiger partial charge on any atom is -0.380 e. The van der Waals surface area contributed by atoms with Crippen LogP contribution < -0.4 is 5.32 Å². The Hall–Kier alpha value is -1.11. The molecule has 1 aromatic rings. The van der Waals surface area contributed by atoms with Crippen molar-refractivity contribution < 1.29 is 9.53 Å². The quantitative estimate of drug-likeness (QED) is 0.866. The highest BCUT2D eigenvalue weighted by Gasteiger charge is 2.20. The summed E-state index contributed by atoms with van der Waals surface area (Å²) in [6.07, 6.45) is 0. The maximum absolute atomic E-state index is 12.6. The minimum atomic E-state index is 0.0248. The fourth-order valence-electron chi connectivity index (χ4n) is 2.79. The summed E-state index contributed by atoms with van der Waals surface area (Å²) in [6.45, 7) is 9.82. The van der Waals surface area contributed by atoms with E-state index in [1.807, 2.05) is 4.90 Å². The van der Waals surface area contributed by atoms with Crippen LogP contribution in [0.25, 0.3) is 0 Å². The lowest BCUT2D eigenvalue weighted by Crippen LogP contribution is -2.44. The third kappa shape index (κ3) is 6.49. The van der Waals surface area contributed by atoms with Crippen molar-refractivity contribution in [1.29, 1.82) is 0 Å². The van der Waals surface area contributed by atoms with Crippen LogP contribution in [-0.4, -0.2) is 62.3 Å². The zero-order chi connectivity index (χ0) is 16.7. The third-order valence-electron chi connectivity index (χ3n) is 3.91. The molecule has 5 nitrogen and oxygen atoms in total. The topological polar surface area (TPSA) is 44.8 Å². The highest BCUT2D eigenvalue weighted by atomic mass is 32.1.